The summed E-state index contributed by atoms with van der Waals surface area (Å²) in [7, 11) is 0. The fourth-order valence-corrected chi connectivity index (χ4v) is 1.76. The molecule has 0 bridgehead atoms. The highest BCUT2D eigenvalue weighted by Crippen LogP contribution is 2.18. The molecule has 0 aliphatic carbocycles. The lowest BCUT2D eigenvalue weighted by molar-refractivity contribution is 0.132. The molecule has 1 rings (SSSR count). The number of hydrogen-bond donors (Lipinski definition) is 4. The lowest BCUT2D eigenvalue weighted by Gasteiger charge is -2.30. The van der Waals surface area contributed by atoms with Crippen LogP contribution < -0.4 is 16.0 Å². The summed E-state index contributed by atoms with van der Waals surface area (Å²) in [4.78, 5) is 14.3. The average molecular weight is 284 g/mol. The number of nitrogens with two attached hydrogens (primary N) is 1. The maximum Gasteiger partial charge on any atom is 0.231 e. The first-order chi connectivity index (χ1) is 9.53. The Morgan fingerprint density at radius 3 is 2.15 bits per heavy atom. The van der Waals surface area contributed by atoms with Crippen molar-refractivity contribution in [3.05, 3.63) is 0 Å². The van der Waals surface area contributed by atoms with Gasteiger partial charge < -0.3 is 26.2 Å². The van der Waals surface area contributed by atoms with Crippen molar-refractivity contribution >= 4 is 17.8 Å². The Morgan fingerprint density at radius 1 is 1.10 bits per heavy atom. The van der Waals surface area contributed by atoms with E-state index < -0.39 is 5.54 Å². The van der Waals surface area contributed by atoms with Crippen molar-refractivity contribution in [1.29, 1.82) is 0 Å². The van der Waals surface area contributed by atoms with Gasteiger partial charge in [-0.1, -0.05) is 6.92 Å². The highest BCUT2D eigenvalue weighted by atomic mass is 16.3. The second kappa shape index (κ2) is 7.20. The van der Waals surface area contributed by atoms with Crippen molar-refractivity contribution in [2.75, 3.05) is 42.3 Å². The van der Waals surface area contributed by atoms with Crippen LogP contribution in [0, 0.1) is 0 Å². The van der Waals surface area contributed by atoms with Gasteiger partial charge in [0.2, 0.25) is 17.8 Å². The highest BCUT2D eigenvalue weighted by Gasteiger charge is 2.28. The standard InChI is InChI=1S/C12H24N6O2/c1-4-12(7-19,8-20)17-10-14-9(13)15-11(16-10)18(5-2)6-3/h19-20H,4-8H2,1-3H3,(H3,13,14,15,16,17). The minimum Gasteiger partial charge on any atom is -0.394 e. The van der Waals surface area contributed by atoms with E-state index in [-0.39, 0.29) is 25.1 Å². The SMILES string of the molecule is CCN(CC)c1nc(N)nc(NC(CC)(CO)CO)n1. The Kier molecular flexibility index (Phi) is 5.90. The van der Waals surface area contributed by atoms with Gasteiger partial charge in [0.25, 0.3) is 0 Å². The van der Waals surface area contributed by atoms with E-state index in [1.165, 1.54) is 0 Å². The van der Waals surface area contributed by atoms with Crippen LogP contribution in [0.15, 0.2) is 0 Å². The topological polar surface area (TPSA) is 120 Å². The van der Waals surface area contributed by atoms with Crippen LogP contribution in [0.5, 0.6) is 0 Å². The zero-order valence-corrected chi connectivity index (χ0v) is 12.3. The van der Waals surface area contributed by atoms with Gasteiger partial charge in [-0.2, -0.15) is 15.0 Å². The molecular weight excluding hydrogens is 260 g/mol. The number of nitrogens with one attached hydrogen (secondary N) is 1. The second-order valence-corrected chi connectivity index (χ2v) is 4.56. The van der Waals surface area contributed by atoms with Gasteiger partial charge in [0.1, 0.15) is 0 Å². The van der Waals surface area contributed by atoms with E-state index in [0.717, 1.165) is 13.1 Å². The molecule has 0 aliphatic heterocycles. The number of anilines is 3. The van der Waals surface area contributed by atoms with E-state index in [2.05, 4.69) is 20.3 Å². The molecule has 0 amide bonds. The normalized spacial score (nSPS) is 11.4. The summed E-state index contributed by atoms with van der Waals surface area (Å²) < 4.78 is 0. The predicted octanol–water partition coefficient (Wildman–Crippen LogP) is -0.155. The Balaban J connectivity index is 3.07. The molecule has 114 valence electrons. The summed E-state index contributed by atoms with van der Waals surface area (Å²) in [6, 6.07) is 0. The van der Waals surface area contributed by atoms with Gasteiger partial charge in [0, 0.05) is 13.1 Å². The van der Waals surface area contributed by atoms with E-state index in [4.69, 9.17) is 5.73 Å². The summed E-state index contributed by atoms with van der Waals surface area (Å²) in [5.41, 5.74) is 4.83. The smallest absolute Gasteiger partial charge is 0.231 e. The van der Waals surface area contributed by atoms with Gasteiger partial charge in [-0.25, -0.2) is 0 Å². The van der Waals surface area contributed by atoms with Crippen LogP contribution in [-0.4, -0.2) is 57.0 Å². The van der Waals surface area contributed by atoms with Crippen molar-refractivity contribution in [3.63, 3.8) is 0 Å². The fourth-order valence-electron chi connectivity index (χ4n) is 1.76. The number of rotatable bonds is 8. The number of hydrogen-bond acceptors (Lipinski definition) is 8. The minimum absolute atomic E-state index is 0.102. The maximum atomic E-state index is 9.44. The van der Waals surface area contributed by atoms with Gasteiger partial charge in [0.15, 0.2) is 0 Å². The van der Waals surface area contributed by atoms with E-state index in [1.54, 1.807) is 0 Å². The number of aromatic nitrogens is 3. The molecule has 1 aromatic rings. The van der Waals surface area contributed by atoms with E-state index in [1.807, 2.05) is 25.7 Å². The van der Waals surface area contributed by atoms with Crippen LogP contribution in [0.2, 0.25) is 0 Å². The Bertz CT molecular complexity index is 412. The molecule has 0 saturated heterocycles. The van der Waals surface area contributed by atoms with Crippen molar-refractivity contribution in [3.8, 4) is 0 Å². The molecule has 0 spiro atoms. The molecule has 0 aliphatic rings. The third kappa shape index (κ3) is 3.67. The molecule has 0 fully saturated rings. The second-order valence-electron chi connectivity index (χ2n) is 4.56. The van der Waals surface area contributed by atoms with Crippen molar-refractivity contribution in [2.24, 2.45) is 0 Å². The van der Waals surface area contributed by atoms with Gasteiger partial charge in [-0.3, -0.25) is 0 Å². The molecule has 0 atom stereocenters. The Morgan fingerprint density at radius 2 is 1.70 bits per heavy atom. The van der Waals surface area contributed by atoms with Crippen LogP contribution in [0.1, 0.15) is 27.2 Å². The zero-order valence-electron chi connectivity index (χ0n) is 12.3. The monoisotopic (exact) mass is 284 g/mol. The Hall–Kier alpha value is -1.67. The first kappa shape index (κ1) is 16.4. The molecule has 8 heteroatoms. The Labute approximate surface area is 119 Å². The number of nitrogen functional groups attached to an aromatic ring is 1. The van der Waals surface area contributed by atoms with Crippen molar-refractivity contribution < 1.29 is 10.2 Å². The molecule has 0 saturated carbocycles. The summed E-state index contributed by atoms with van der Waals surface area (Å²) in [5.74, 6) is 0.834. The number of aliphatic hydroxyl groups is 2. The number of nitrogens with zero attached hydrogens (tertiary/aromatic N) is 4. The van der Waals surface area contributed by atoms with Crippen LogP contribution in [0.25, 0.3) is 0 Å². The molecule has 0 unspecified atom stereocenters. The van der Waals surface area contributed by atoms with E-state index in [9.17, 15) is 10.2 Å². The lowest BCUT2D eigenvalue weighted by Crippen LogP contribution is -2.45. The molecule has 1 heterocycles. The van der Waals surface area contributed by atoms with Crippen molar-refractivity contribution in [2.45, 2.75) is 32.7 Å². The molecule has 8 nitrogen and oxygen atoms in total. The predicted molar refractivity (Wildman–Crippen MR) is 78.6 cm³/mol. The molecule has 20 heavy (non-hydrogen) atoms. The number of aliphatic hydroxyl groups excluding tert-OH is 2. The van der Waals surface area contributed by atoms with Gasteiger partial charge in [0.05, 0.1) is 18.8 Å². The van der Waals surface area contributed by atoms with Crippen LogP contribution >= 0.6 is 0 Å². The zero-order chi connectivity index (χ0) is 15.2. The van der Waals surface area contributed by atoms with Gasteiger partial charge in [-0.15, -0.1) is 0 Å². The molecular formula is C12H24N6O2. The minimum atomic E-state index is -0.867. The summed E-state index contributed by atoms with van der Waals surface area (Å²) in [5, 5.41) is 21.8. The maximum absolute atomic E-state index is 9.44. The van der Waals surface area contributed by atoms with E-state index >= 15 is 0 Å². The fraction of sp³-hybridized carbons (Fsp3) is 0.750. The highest BCUT2D eigenvalue weighted by molar-refractivity contribution is 5.43. The summed E-state index contributed by atoms with van der Waals surface area (Å²) >= 11 is 0. The van der Waals surface area contributed by atoms with Crippen molar-refractivity contribution in [1.82, 2.24) is 15.0 Å². The third-order valence-corrected chi connectivity index (χ3v) is 3.35. The molecule has 5 N–H and O–H groups in total. The third-order valence-electron chi connectivity index (χ3n) is 3.35. The first-order valence-electron chi connectivity index (χ1n) is 6.80. The average Bonchev–Trinajstić information content (AvgIpc) is 2.46. The van der Waals surface area contributed by atoms with E-state index in [0.29, 0.717) is 12.4 Å². The largest absolute Gasteiger partial charge is 0.394 e. The van der Waals surface area contributed by atoms with Crippen LogP contribution in [0.3, 0.4) is 0 Å². The summed E-state index contributed by atoms with van der Waals surface area (Å²) in [6.45, 7) is 6.88. The van der Waals surface area contributed by atoms with Crippen LogP contribution in [-0.2, 0) is 0 Å². The molecule has 0 aromatic carbocycles. The first-order valence-corrected chi connectivity index (χ1v) is 6.80. The van der Waals surface area contributed by atoms with Gasteiger partial charge >= 0.3 is 0 Å². The lowest BCUT2D eigenvalue weighted by atomic mass is 9.99. The van der Waals surface area contributed by atoms with Crippen LogP contribution in [0.4, 0.5) is 17.8 Å². The quantitative estimate of drug-likeness (QED) is 0.520. The van der Waals surface area contributed by atoms with Gasteiger partial charge in [-0.05, 0) is 20.3 Å². The molecule has 0 radical (unpaired) electrons. The molecule has 1 aromatic heterocycles. The summed E-state index contributed by atoms with van der Waals surface area (Å²) in [6.07, 6.45) is 0.520.